The number of rotatable bonds is 5. The molecular formula is C11H13N3O4. The van der Waals surface area contributed by atoms with Crippen molar-refractivity contribution in [3.05, 3.63) is 29.5 Å². The van der Waals surface area contributed by atoms with Gasteiger partial charge in [0.05, 0.1) is 13.2 Å². The quantitative estimate of drug-likeness (QED) is 0.809. The van der Waals surface area contributed by atoms with E-state index < -0.39 is 5.97 Å². The Kier molecular flexibility index (Phi) is 3.61. The Morgan fingerprint density at radius 1 is 1.39 bits per heavy atom. The molecule has 0 aliphatic carbocycles. The van der Waals surface area contributed by atoms with Crippen LogP contribution in [0, 0.1) is 6.92 Å². The van der Waals surface area contributed by atoms with Crippen molar-refractivity contribution >= 4 is 12.0 Å². The number of hydrogen-bond acceptors (Lipinski definition) is 7. The molecule has 0 aromatic carbocycles. The predicted octanol–water partition coefficient (Wildman–Crippen LogP) is 1.76. The fraction of sp³-hybridized carbons (Fsp3) is 0.364. The van der Waals surface area contributed by atoms with Crippen LogP contribution in [0.4, 0.5) is 6.01 Å². The first-order valence-corrected chi connectivity index (χ1v) is 5.49. The van der Waals surface area contributed by atoms with E-state index in [-0.39, 0.29) is 5.76 Å². The highest BCUT2D eigenvalue weighted by Gasteiger charge is 2.12. The molecule has 18 heavy (non-hydrogen) atoms. The maximum Gasteiger partial charge on any atom is 0.374 e. The number of carbonyl (C=O) groups excluding carboxylic acids is 1. The number of ether oxygens (including phenoxy) is 1. The zero-order valence-corrected chi connectivity index (χ0v) is 10.1. The largest absolute Gasteiger partial charge is 0.460 e. The predicted molar refractivity (Wildman–Crippen MR) is 61.0 cm³/mol. The topological polar surface area (TPSA) is 90.4 Å². The normalized spacial score (nSPS) is 10.3. The second-order valence-electron chi connectivity index (χ2n) is 3.47. The van der Waals surface area contributed by atoms with Gasteiger partial charge in [-0.15, -0.1) is 5.10 Å². The van der Waals surface area contributed by atoms with E-state index >= 15 is 0 Å². The highest BCUT2D eigenvalue weighted by Crippen LogP contribution is 2.12. The van der Waals surface area contributed by atoms with Crippen LogP contribution < -0.4 is 5.32 Å². The first-order chi connectivity index (χ1) is 8.69. The van der Waals surface area contributed by atoms with Gasteiger partial charge >= 0.3 is 12.0 Å². The van der Waals surface area contributed by atoms with E-state index in [1.54, 1.807) is 26.0 Å². The Morgan fingerprint density at radius 2 is 2.22 bits per heavy atom. The molecule has 2 heterocycles. The zero-order chi connectivity index (χ0) is 13.0. The van der Waals surface area contributed by atoms with Gasteiger partial charge in [0.15, 0.2) is 0 Å². The van der Waals surface area contributed by atoms with Crippen LogP contribution in [-0.2, 0) is 11.3 Å². The van der Waals surface area contributed by atoms with E-state index in [4.69, 9.17) is 13.6 Å². The van der Waals surface area contributed by atoms with Crippen molar-refractivity contribution in [2.75, 3.05) is 11.9 Å². The minimum Gasteiger partial charge on any atom is -0.460 e. The van der Waals surface area contributed by atoms with Crippen molar-refractivity contribution in [3.8, 4) is 0 Å². The van der Waals surface area contributed by atoms with Crippen molar-refractivity contribution in [3.63, 3.8) is 0 Å². The Balaban J connectivity index is 1.92. The van der Waals surface area contributed by atoms with Crippen LogP contribution in [-0.4, -0.2) is 22.8 Å². The van der Waals surface area contributed by atoms with Crippen molar-refractivity contribution in [1.82, 2.24) is 10.2 Å². The fourth-order valence-electron chi connectivity index (χ4n) is 1.32. The van der Waals surface area contributed by atoms with Gasteiger partial charge in [-0.25, -0.2) is 4.79 Å². The molecule has 0 unspecified atom stereocenters. The maximum atomic E-state index is 11.4. The number of nitrogens with zero attached hydrogens (tertiary/aromatic N) is 2. The number of esters is 1. The number of aromatic nitrogens is 2. The molecule has 0 spiro atoms. The van der Waals surface area contributed by atoms with Gasteiger partial charge in [-0.1, -0.05) is 5.10 Å². The summed E-state index contributed by atoms with van der Waals surface area (Å²) in [7, 11) is 0. The monoisotopic (exact) mass is 251 g/mol. The number of hydrogen-bond donors (Lipinski definition) is 1. The third kappa shape index (κ3) is 2.88. The molecule has 0 amide bonds. The van der Waals surface area contributed by atoms with E-state index in [2.05, 4.69) is 15.5 Å². The van der Waals surface area contributed by atoms with E-state index in [1.807, 2.05) is 0 Å². The van der Waals surface area contributed by atoms with Gasteiger partial charge in [0, 0.05) is 6.92 Å². The standard InChI is InChI=1S/C11H13N3O4/c1-3-16-10(15)9-5-4-8(18-9)6-12-11-14-13-7(2)17-11/h4-5H,3,6H2,1-2H3,(H,12,14). The average Bonchev–Trinajstić information content (AvgIpc) is 2.95. The van der Waals surface area contributed by atoms with Crippen LogP contribution in [0.1, 0.15) is 29.1 Å². The van der Waals surface area contributed by atoms with Crippen molar-refractivity contribution in [1.29, 1.82) is 0 Å². The summed E-state index contributed by atoms with van der Waals surface area (Å²) < 4.78 is 15.2. The highest BCUT2D eigenvalue weighted by molar-refractivity contribution is 5.86. The average molecular weight is 251 g/mol. The molecule has 0 saturated carbocycles. The van der Waals surface area contributed by atoms with Gasteiger partial charge in [0.1, 0.15) is 5.76 Å². The molecule has 0 aliphatic heterocycles. The van der Waals surface area contributed by atoms with Gasteiger partial charge in [-0.3, -0.25) is 0 Å². The molecule has 2 aromatic rings. The molecule has 0 radical (unpaired) electrons. The van der Waals surface area contributed by atoms with E-state index in [0.29, 0.717) is 30.8 Å². The van der Waals surface area contributed by atoms with Crippen molar-refractivity contribution < 1.29 is 18.4 Å². The molecular weight excluding hydrogens is 238 g/mol. The van der Waals surface area contributed by atoms with Gasteiger partial charge in [-0.2, -0.15) is 0 Å². The van der Waals surface area contributed by atoms with Gasteiger partial charge < -0.3 is 18.9 Å². The summed E-state index contributed by atoms with van der Waals surface area (Å²) in [5.74, 6) is 0.755. The number of anilines is 1. The summed E-state index contributed by atoms with van der Waals surface area (Å²) in [5, 5.41) is 10.3. The molecule has 0 bridgehead atoms. The van der Waals surface area contributed by atoms with Crippen molar-refractivity contribution in [2.45, 2.75) is 20.4 Å². The third-order valence-electron chi connectivity index (χ3n) is 2.08. The number of carbonyl (C=O) groups is 1. The Labute approximate surface area is 103 Å². The molecule has 7 heteroatoms. The molecule has 0 saturated heterocycles. The number of aryl methyl sites for hydroxylation is 1. The van der Waals surface area contributed by atoms with Crippen LogP contribution in [0.5, 0.6) is 0 Å². The Morgan fingerprint density at radius 3 is 2.89 bits per heavy atom. The zero-order valence-electron chi connectivity index (χ0n) is 10.1. The summed E-state index contributed by atoms with van der Waals surface area (Å²) in [5.41, 5.74) is 0. The summed E-state index contributed by atoms with van der Waals surface area (Å²) >= 11 is 0. The summed E-state index contributed by atoms with van der Waals surface area (Å²) in [6.07, 6.45) is 0. The van der Waals surface area contributed by atoms with Crippen LogP contribution in [0.15, 0.2) is 21.0 Å². The third-order valence-corrected chi connectivity index (χ3v) is 2.08. The SMILES string of the molecule is CCOC(=O)c1ccc(CNc2nnc(C)o2)o1. The van der Waals surface area contributed by atoms with Gasteiger partial charge in [0.2, 0.25) is 11.7 Å². The van der Waals surface area contributed by atoms with Crippen molar-refractivity contribution in [2.24, 2.45) is 0 Å². The lowest BCUT2D eigenvalue weighted by molar-refractivity contribution is 0.0488. The van der Waals surface area contributed by atoms with E-state index in [0.717, 1.165) is 0 Å². The Hall–Kier alpha value is -2.31. The molecule has 1 N–H and O–H groups in total. The summed E-state index contributed by atoms with van der Waals surface area (Å²) in [4.78, 5) is 11.4. The smallest absolute Gasteiger partial charge is 0.374 e. The van der Waals surface area contributed by atoms with E-state index in [1.165, 1.54) is 0 Å². The summed E-state index contributed by atoms with van der Waals surface area (Å²) in [6.45, 7) is 4.10. The fourth-order valence-corrected chi connectivity index (χ4v) is 1.32. The minimum absolute atomic E-state index is 0.176. The second kappa shape index (κ2) is 5.35. The molecule has 0 aliphatic rings. The molecule has 2 aromatic heterocycles. The molecule has 2 rings (SSSR count). The maximum absolute atomic E-state index is 11.4. The van der Waals surface area contributed by atoms with Crippen LogP contribution in [0.2, 0.25) is 0 Å². The number of nitrogens with one attached hydrogen (secondary N) is 1. The molecule has 96 valence electrons. The Bertz CT molecular complexity index is 532. The van der Waals surface area contributed by atoms with Crippen LogP contribution >= 0.6 is 0 Å². The molecule has 7 nitrogen and oxygen atoms in total. The lowest BCUT2D eigenvalue weighted by atomic mass is 10.4. The first kappa shape index (κ1) is 12.2. The molecule has 0 fully saturated rings. The van der Waals surface area contributed by atoms with Crippen LogP contribution in [0.3, 0.4) is 0 Å². The number of furan rings is 1. The van der Waals surface area contributed by atoms with E-state index in [9.17, 15) is 4.79 Å². The highest BCUT2D eigenvalue weighted by atomic mass is 16.5. The lowest BCUT2D eigenvalue weighted by Gasteiger charge is -1.98. The van der Waals surface area contributed by atoms with Gasteiger partial charge in [-0.05, 0) is 19.1 Å². The van der Waals surface area contributed by atoms with Gasteiger partial charge in [0.25, 0.3) is 0 Å². The molecule has 0 atom stereocenters. The first-order valence-electron chi connectivity index (χ1n) is 5.49. The second-order valence-corrected chi connectivity index (χ2v) is 3.47. The lowest BCUT2D eigenvalue weighted by Crippen LogP contribution is -2.03. The van der Waals surface area contributed by atoms with Crippen LogP contribution in [0.25, 0.3) is 0 Å². The summed E-state index contributed by atoms with van der Waals surface area (Å²) in [6, 6.07) is 3.55. The minimum atomic E-state index is -0.475.